The lowest BCUT2D eigenvalue weighted by atomic mass is 10.2. The van der Waals surface area contributed by atoms with Crippen molar-refractivity contribution in [2.45, 2.75) is 0 Å². The second-order valence-electron chi connectivity index (χ2n) is 4.79. The third-order valence-corrected chi connectivity index (χ3v) is 3.70. The SMILES string of the molecule is NC(=S)c1ccnc(N2CCN(c3ncccn3)CC2)c1. The van der Waals surface area contributed by atoms with Gasteiger partial charge in [0.2, 0.25) is 5.95 Å². The Kier molecular flexibility index (Phi) is 3.92. The lowest BCUT2D eigenvalue weighted by Gasteiger charge is -2.35. The van der Waals surface area contributed by atoms with Crippen LogP contribution in [0.3, 0.4) is 0 Å². The van der Waals surface area contributed by atoms with Gasteiger partial charge in [0.05, 0.1) is 0 Å². The monoisotopic (exact) mass is 300 g/mol. The normalized spacial score (nSPS) is 15.0. The Hall–Kier alpha value is -2.28. The topological polar surface area (TPSA) is 71.2 Å². The summed E-state index contributed by atoms with van der Waals surface area (Å²) in [5, 5.41) is 0. The van der Waals surface area contributed by atoms with Crippen molar-refractivity contribution in [1.82, 2.24) is 15.0 Å². The highest BCUT2D eigenvalue weighted by Crippen LogP contribution is 2.17. The molecule has 0 bridgehead atoms. The van der Waals surface area contributed by atoms with E-state index >= 15 is 0 Å². The Bertz CT molecular complexity index is 624. The highest BCUT2D eigenvalue weighted by molar-refractivity contribution is 7.80. The lowest BCUT2D eigenvalue weighted by molar-refractivity contribution is 0.634. The van der Waals surface area contributed by atoms with Gasteiger partial charge in [-0.2, -0.15) is 0 Å². The van der Waals surface area contributed by atoms with E-state index in [2.05, 4.69) is 24.8 Å². The molecule has 21 heavy (non-hydrogen) atoms. The minimum absolute atomic E-state index is 0.398. The fraction of sp³-hybridized carbons (Fsp3) is 0.286. The molecule has 0 amide bonds. The Balaban J connectivity index is 1.68. The van der Waals surface area contributed by atoms with Crippen molar-refractivity contribution >= 4 is 29.0 Å². The average Bonchev–Trinajstić information content (AvgIpc) is 2.56. The van der Waals surface area contributed by atoms with Crippen LogP contribution in [0, 0.1) is 0 Å². The molecule has 0 aromatic carbocycles. The summed E-state index contributed by atoms with van der Waals surface area (Å²) in [5.41, 5.74) is 6.52. The number of anilines is 2. The van der Waals surface area contributed by atoms with E-state index in [0.717, 1.165) is 43.5 Å². The van der Waals surface area contributed by atoms with Gasteiger partial charge < -0.3 is 15.5 Å². The highest BCUT2D eigenvalue weighted by atomic mass is 32.1. The molecular weight excluding hydrogens is 284 g/mol. The number of pyridine rings is 1. The van der Waals surface area contributed by atoms with Crippen molar-refractivity contribution in [2.24, 2.45) is 5.73 Å². The molecule has 6 nitrogen and oxygen atoms in total. The molecule has 2 aromatic heterocycles. The maximum atomic E-state index is 5.67. The third kappa shape index (κ3) is 3.08. The molecule has 0 saturated carbocycles. The molecule has 2 aromatic rings. The Morgan fingerprint density at radius 1 is 1.00 bits per heavy atom. The Labute approximate surface area is 128 Å². The first-order chi connectivity index (χ1) is 10.2. The van der Waals surface area contributed by atoms with Crippen molar-refractivity contribution in [2.75, 3.05) is 36.0 Å². The van der Waals surface area contributed by atoms with E-state index in [1.807, 2.05) is 18.2 Å². The molecule has 1 aliphatic rings. The first-order valence-electron chi connectivity index (χ1n) is 6.77. The minimum Gasteiger partial charge on any atom is -0.389 e. The van der Waals surface area contributed by atoms with E-state index in [0.29, 0.717) is 4.99 Å². The highest BCUT2D eigenvalue weighted by Gasteiger charge is 2.19. The fourth-order valence-corrected chi connectivity index (χ4v) is 2.46. The van der Waals surface area contributed by atoms with Crippen LogP contribution in [0.15, 0.2) is 36.8 Å². The van der Waals surface area contributed by atoms with Crippen LogP contribution in [-0.2, 0) is 0 Å². The summed E-state index contributed by atoms with van der Waals surface area (Å²) >= 11 is 5.01. The molecule has 0 unspecified atom stereocenters. The molecule has 2 N–H and O–H groups in total. The van der Waals surface area contributed by atoms with Crippen LogP contribution in [0.5, 0.6) is 0 Å². The van der Waals surface area contributed by atoms with E-state index in [-0.39, 0.29) is 0 Å². The number of nitrogens with zero attached hydrogens (tertiary/aromatic N) is 5. The van der Waals surface area contributed by atoms with Gasteiger partial charge in [-0.1, -0.05) is 12.2 Å². The summed E-state index contributed by atoms with van der Waals surface area (Å²) in [6.07, 6.45) is 5.28. The number of nitrogens with two attached hydrogens (primary N) is 1. The molecule has 1 saturated heterocycles. The number of piperazine rings is 1. The lowest BCUT2D eigenvalue weighted by Crippen LogP contribution is -2.47. The molecule has 7 heteroatoms. The van der Waals surface area contributed by atoms with Gasteiger partial charge in [0.25, 0.3) is 0 Å². The standard InChI is InChI=1S/C14H16N6S/c15-13(21)11-2-5-16-12(10-11)19-6-8-20(9-7-19)14-17-3-1-4-18-14/h1-5,10H,6-9H2,(H2,15,21). The first-order valence-corrected chi connectivity index (χ1v) is 7.17. The van der Waals surface area contributed by atoms with E-state index in [9.17, 15) is 0 Å². The zero-order valence-corrected chi connectivity index (χ0v) is 12.3. The minimum atomic E-state index is 0.398. The van der Waals surface area contributed by atoms with Crippen LogP contribution in [-0.4, -0.2) is 46.1 Å². The molecule has 1 aliphatic heterocycles. The van der Waals surface area contributed by atoms with E-state index in [1.165, 1.54) is 0 Å². The molecule has 0 radical (unpaired) electrons. The number of hydrogen-bond acceptors (Lipinski definition) is 6. The number of thiocarbonyl (C=S) groups is 1. The van der Waals surface area contributed by atoms with Gasteiger partial charge >= 0.3 is 0 Å². The van der Waals surface area contributed by atoms with Gasteiger partial charge in [-0.05, 0) is 18.2 Å². The maximum absolute atomic E-state index is 5.67. The maximum Gasteiger partial charge on any atom is 0.225 e. The molecule has 3 heterocycles. The van der Waals surface area contributed by atoms with Crippen LogP contribution >= 0.6 is 12.2 Å². The summed E-state index contributed by atoms with van der Waals surface area (Å²) in [6.45, 7) is 3.46. The Morgan fingerprint density at radius 2 is 1.67 bits per heavy atom. The summed E-state index contributed by atoms with van der Waals surface area (Å²) in [7, 11) is 0. The van der Waals surface area contributed by atoms with Crippen molar-refractivity contribution in [3.63, 3.8) is 0 Å². The van der Waals surface area contributed by atoms with Crippen molar-refractivity contribution in [3.05, 3.63) is 42.4 Å². The zero-order chi connectivity index (χ0) is 14.7. The number of aromatic nitrogens is 3. The second kappa shape index (κ2) is 6.01. The summed E-state index contributed by atoms with van der Waals surface area (Å²) in [5.74, 6) is 1.69. The van der Waals surface area contributed by atoms with Crippen molar-refractivity contribution in [1.29, 1.82) is 0 Å². The van der Waals surface area contributed by atoms with E-state index in [4.69, 9.17) is 18.0 Å². The number of rotatable bonds is 3. The van der Waals surface area contributed by atoms with Crippen molar-refractivity contribution < 1.29 is 0 Å². The molecule has 1 fully saturated rings. The Morgan fingerprint density at radius 3 is 2.33 bits per heavy atom. The van der Waals surface area contributed by atoms with E-state index < -0.39 is 0 Å². The van der Waals surface area contributed by atoms with E-state index in [1.54, 1.807) is 18.6 Å². The van der Waals surface area contributed by atoms with Gasteiger partial charge in [-0.25, -0.2) is 15.0 Å². The van der Waals surface area contributed by atoms with Gasteiger partial charge in [0, 0.05) is 50.3 Å². The fourth-order valence-electron chi connectivity index (χ4n) is 2.33. The van der Waals surface area contributed by atoms with Crippen LogP contribution in [0.1, 0.15) is 5.56 Å². The van der Waals surface area contributed by atoms with Gasteiger partial charge in [-0.15, -0.1) is 0 Å². The predicted molar refractivity (Wildman–Crippen MR) is 86.6 cm³/mol. The van der Waals surface area contributed by atoms with Crippen LogP contribution in [0.4, 0.5) is 11.8 Å². The quantitative estimate of drug-likeness (QED) is 0.842. The molecule has 3 rings (SSSR count). The molecule has 0 atom stereocenters. The summed E-state index contributed by atoms with van der Waals surface area (Å²) in [4.78, 5) is 17.8. The molecular formula is C14H16N6S. The first kappa shape index (κ1) is 13.7. The van der Waals surface area contributed by atoms with Crippen LogP contribution in [0.25, 0.3) is 0 Å². The zero-order valence-electron chi connectivity index (χ0n) is 11.5. The smallest absolute Gasteiger partial charge is 0.225 e. The largest absolute Gasteiger partial charge is 0.389 e. The number of hydrogen-bond donors (Lipinski definition) is 1. The van der Waals surface area contributed by atoms with Gasteiger partial charge in [-0.3, -0.25) is 0 Å². The van der Waals surface area contributed by atoms with Crippen LogP contribution < -0.4 is 15.5 Å². The predicted octanol–water partition coefficient (Wildman–Crippen LogP) is 0.832. The van der Waals surface area contributed by atoms with Crippen LogP contribution in [0.2, 0.25) is 0 Å². The molecule has 0 aliphatic carbocycles. The van der Waals surface area contributed by atoms with Gasteiger partial charge in [0.15, 0.2) is 0 Å². The van der Waals surface area contributed by atoms with Gasteiger partial charge in [0.1, 0.15) is 10.8 Å². The summed E-state index contributed by atoms with van der Waals surface area (Å²) < 4.78 is 0. The molecule has 108 valence electrons. The second-order valence-corrected chi connectivity index (χ2v) is 5.23. The summed E-state index contributed by atoms with van der Waals surface area (Å²) in [6, 6.07) is 5.60. The third-order valence-electron chi connectivity index (χ3n) is 3.47. The molecule has 0 spiro atoms. The average molecular weight is 300 g/mol. The van der Waals surface area contributed by atoms with Crippen molar-refractivity contribution in [3.8, 4) is 0 Å².